The zero-order valence-corrected chi connectivity index (χ0v) is 6.12. The van der Waals surface area contributed by atoms with Crippen LogP contribution in [0.4, 0.5) is 0 Å². The first kappa shape index (κ1) is 9.20. The van der Waals surface area contributed by atoms with Crippen LogP contribution in [0.3, 0.4) is 0 Å². The molecule has 0 rings (SSSR count). The van der Waals surface area contributed by atoms with Crippen molar-refractivity contribution in [2.75, 3.05) is 0 Å². The lowest BCUT2D eigenvalue weighted by atomic mass is 10.5. The first-order valence-corrected chi connectivity index (χ1v) is 2.81. The Bertz CT molecular complexity index is 365. The van der Waals surface area contributed by atoms with Gasteiger partial charge >= 0.3 is 0 Å². The van der Waals surface area contributed by atoms with E-state index in [1.54, 1.807) is 0 Å². The Morgan fingerprint density at radius 3 is 2.18 bits per heavy atom. The lowest BCUT2D eigenvalue weighted by Gasteiger charge is -1.59. The summed E-state index contributed by atoms with van der Waals surface area (Å²) in [5.74, 6) is 15.4. The molecule has 2 heteroatoms. The van der Waals surface area contributed by atoms with Crippen LogP contribution in [0.1, 0.15) is 0 Å². The Labute approximate surface area is 70.1 Å². The van der Waals surface area contributed by atoms with E-state index in [-0.39, 0.29) is 0 Å². The van der Waals surface area contributed by atoms with Gasteiger partial charge in [0.05, 0.1) is 0 Å². The maximum atomic E-state index is 9.99. The van der Waals surface area contributed by atoms with Crippen LogP contribution in [-0.4, -0.2) is 5.24 Å². The predicted molar refractivity (Wildman–Crippen MR) is 43.0 cm³/mol. The third-order valence-electron chi connectivity index (χ3n) is 0.483. The summed E-state index contributed by atoms with van der Waals surface area (Å²) >= 11 is 4.87. The molecule has 0 aliphatic heterocycles. The molecule has 50 valence electrons. The highest BCUT2D eigenvalue weighted by Gasteiger charge is 1.78. The predicted octanol–water partition coefficient (Wildman–Crippen LogP) is 0.395. The second kappa shape index (κ2) is 6.32. The van der Waals surface area contributed by atoms with Crippen molar-refractivity contribution >= 4 is 16.8 Å². The van der Waals surface area contributed by atoms with Crippen LogP contribution < -0.4 is 0 Å². The van der Waals surface area contributed by atoms with E-state index in [0.29, 0.717) is 0 Å². The van der Waals surface area contributed by atoms with Gasteiger partial charge in [-0.1, -0.05) is 0 Å². The normalized spacial score (nSPS) is 4.73. The molecule has 0 saturated carbocycles. The van der Waals surface area contributed by atoms with Crippen molar-refractivity contribution in [1.29, 1.82) is 0 Å². The molecule has 0 fully saturated rings. The summed E-state index contributed by atoms with van der Waals surface area (Å²) in [6, 6.07) is 0. The van der Waals surface area contributed by atoms with Gasteiger partial charge in [0.2, 0.25) is 0 Å². The molecule has 0 radical (unpaired) electrons. The van der Waals surface area contributed by atoms with Crippen LogP contribution in [0.25, 0.3) is 0 Å². The number of hydrogen-bond acceptors (Lipinski definition) is 1. The monoisotopic (exact) mass is 160 g/mol. The standard InChI is InChI=1S/C9HClO/c1-2-3-4-5-6-7-8-9(10)11/h1H. The van der Waals surface area contributed by atoms with Crippen LogP contribution in [0.2, 0.25) is 0 Å². The topological polar surface area (TPSA) is 17.1 Å². The molecule has 0 N–H and O–H groups in total. The van der Waals surface area contributed by atoms with Crippen molar-refractivity contribution in [3.05, 3.63) is 0 Å². The van der Waals surface area contributed by atoms with Gasteiger partial charge in [-0.05, 0) is 47.1 Å². The van der Waals surface area contributed by atoms with Crippen molar-refractivity contribution < 1.29 is 4.79 Å². The molecule has 0 heterocycles. The van der Waals surface area contributed by atoms with Gasteiger partial charge in [0.15, 0.2) is 0 Å². The Morgan fingerprint density at radius 1 is 1.09 bits per heavy atom. The van der Waals surface area contributed by atoms with Gasteiger partial charge in [-0.15, -0.1) is 6.42 Å². The van der Waals surface area contributed by atoms with Gasteiger partial charge in [0.1, 0.15) is 0 Å². The molecule has 11 heavy (non-hydrogen) atoms. The average Bonchev–Trinajstić information content (AvgIpc) is 1.96. The fourth-order valence-corrected chi connectivity index (χ4v) is 0.257. The summed E-state index contributed by atoms with van der Waals surface area (Å²) in [5, 5.41) is -0.746. The highest BCUT2D eigenvalue weighted by Crippen LogP contribution is 1.71. The van der Waals surface area contributed by atoms with Gasteiger partial charge < -0.3 is 0 Å². The highest BCUT2D eigenvalue weighted by molar-refractivity contribution is 6.68. The molecule has 0 aliphatic rings. The molecule has 0 aromatic heterocycles. The lowest BCUT2D eigenvalue weighted by Crippen LogP contribution is -1.72. The summed E-state index contributed by atoms with van der Waals surface area (Å²) < 4.78 is 0. The molecule has 1 nitrogen and oxygen atoms in total. The van der Waals surface area contributed by atoms with Gasteiger partial charge in [0, 0.05) is 5.92 Å². The molecule has 0 amide bonds. The van der Waals surface area contributed by atoms with Crippen molar-refractivity contribution in [3.63, 3.8) is 0 Å². The summed E-state index contributed by atoms with van der Waals surface area (Å²) in [6.45, 7) is 0. The number of hydrogen-bond donors (Lipinski definition) is 0. The maximum Gasteiger partial charge on any atom is 0.297 e. The first-order valence-electron chi connectivity index (χ1n) is 2.43. The molecule has 0 aliphatic carbocycles. The molecule has 0 aromatic rings. The van der Waals surface area contributed by atoms with Crippen LogP contribution in [-0.2, 0) is 4.79 Å². The fourth-order valence-electron chi connectivity index (χ4n) is 0.210. The molecule has 0 spiro atoms. The maximum absolute atomic E-state index is 9.99. The van der Waals surface area contributed by atoms with E-state index in [1.165, 1.54) is 0 Å². The Kier molecular flexibility index (Phi) is 5.29. The number of carbonyl (C=O) groups is 1. The van der Waals surface area contributed by atoms with Gasteiger partial charge in [-0.25, -0.2) is 0 Å². The fraction of sp³-hybridized carbons (Fsp3) is 0. The molecule has 0 bridgehead atoms. The molecule has 0 unspecified atom stereocenters. The van der Waals surface area contributed by atoms with Crippen LogP contribution in [0.15, 0.2) is 0 Å². The molecule has 0 saturated heterocycles. The van der Waals surface area contributed by atoms with E-state index >= 15 is 0 Å². The first-order chi connectivity index (χ1) is 5.27. The molecular formula is C9HClO. The largest absolute Gasteiger partial charge is 0.297 e. The lowest BCUT2D eigenvalue weighted by molar-refractivity contribution is -0.106. The Hall–Kier alpha value is -1.80. The molecular weight excluding hydrogens is 160 g/mol. The van der Waals surface area contributed by atoms with Crippen molar-refractivity contribution in [3.8, 4) is 47.9 Å². The zero-order chi connectivity index (χ0) is 8.53. The van der Waals surface area contributed by atoms with E-state index in [2.05, 4.69) is 35.5 Å². The SMILES string of the molecule is C#CC#CC#CC#CC(=O)Cl. The summed E-state index contributed by atoms with van der Waals surface area (Å²) in [5.41, 5.74) is 0. The van der Waals surface area contributed by atoms with Crippen LogP contribution in [0.5, 0.6) is 0 Å². The van der Waals surface area contributed by atoms with Crippen LogP contribution in [0, 0.1) is 47.9 Å². The Morgan fingerprint density at radius 2 is 1.64 bits per heavy atom. The third-order valence-corrected chi connectivity index (χ3v) is 0.577. The summed E-state index contributed by atoms with van der Waals surface area (Å²) in [4.78, 5) is 9.99. The number of halogens is 1. The quantitative estimate of drug-likeness (QED) is 0.370. The van der Waals surface area contributed by atoms with E-state index in [9.17, 15) is 4.79 Å². The smallest absolute Gasteiger partial charge is 0.266 e. The second-order valence-corrected chi connectivity index (χ2v) is 1.51. The molecule has 0 aromatic carbocycles. The minimum atomic E-state index is -0.746. The highest BCUT2D eigenvalue weighted by atomic mass is 35.5. The minimum absolute atomic E-state index is 0.746. The number of carbonyl (C=O) groups excluding carboxylic acids is 1. The Balaban J connectivity index is 4.08. The van der Waals surface area contributed by atoms with E-state index < -0.39 is 5.24 Å². The van der Waals surface area contributed by atoms with Gasteiger partial charge in [0.25, 0.3) is 5.24 Å². The van der Waals surface area contributed by atoms with E-state index in [1.807, 2.05) is 5.92 Å². The number of rotatable bonds is 0. The third kappa shape index (κ3) is 8.20. The summed E-state index contributed by atoms with van der Waals surface area (Å²) in [7, 11) is 0. The minimum Gasteiger partial charge on any atom is -0.266 e. The second-order valence-electron chi connectivity index (χ2n) is 1.17. The van der Waals surface area contributed by atoms with Gasteiger partial charge in [-0.3, -0.25) is 4.79 Å². The zero-order valence-electron chi connectivity index (χ0n) is 5.36. The van der Waals surface area contributed by atoms with Crippen LogP contribution >= 0.6 is 11.6 Å². The van der Waals surface area contributed by atoms with E-state index in [4.69, 9.17) is 18.0 Å². The van der Waals surface area contributed by atoms with Gasteiger partial charge in [-0.2, -0.15) is 0 Å². The van der Waals surface area contributed by atoms with E-state index in [0.717, 1.165) is 0 Å². The summed E-state index contributed by atoms with van der Waals surface area (Å²) in [6.07, 6.45) is 4.79. The number of terminal acetylenes is 1. The van der Waals surface area contributed by atoms with Crippen molar-refractivity contribution in [2.45, 2.75) is 0 Å². The van der Waals surface area contributed by atoms with Crippen molar-refractivity contribution in [1.82, 2.24) is 0 Å². The average molecular weight is 161 g/mol. The molecule has 0 atom stereocenters. The van der Waals surface area contributed by atoms with Crippen molar-refractivity contribution in [2.24, 2.45) is 0 Å².